The molecule has 2 aromatic rings. The zero-order valence-electron chi connectivity index (χ0n) is 11.7. The molecule has 0 heterocycles. The monoisotopic (exact) mass is 380 g/mol. The molecule has 2 rings (SSSR count). The predicted molar refractivity (Wildman–Crippen MR) is 74.5 cm³/mol. The largest absolute Gasteiger partial charge is 4.00 e. The molecule has 108 valence electrons. The van der Waals surface area contributed by atoms with Crippen LogP contribution in [-0.2, 0) is 21.7 Å². The smallest absolute Gasteiger partial charge is 1.00 e. The van der Waals surface area contributed by atoms with Crippen LogP contribution in [0.1, 0.15) is 13.8 Å². The van der Waals surface area contributed by atoms with E-state index in [1.807, 2.05) is 0 Å². The number of benzene rings is 1. The first kappa shape index (κ1) is 25.3. The SMILES string of the molecule is CC[Si](CC)(c1ccccc1)[c-]1cccc1.[Cl-].[Cl-].[Cl-].[Ti+4]. The summed E-state index contributed by atoms with van der Waals surface area (Å²) in [6.07, 6.45) is 0. The van der Waals surface area contributed by atoms with E-state index in [2.05, 4.69) is 68.4 Å². The molecule has 0 unspecified atom stereocenters. The normalized spacial score (nSPS) is 9.30. The average molecular weight is 382 g/mol. The second kappa shape index (κ2) is 12.0. The Morgan fingerprint density at radius 2 is 1.25 bits per heavy atom. The van der Waals surface area contributed by atoms with Crippen molar-refractivity contribution in [2.24, 2.45) is 0 Å². The molecule has 2 aromatic carbocycles. The van der Waals surface area contributed by atoms with Crippen LogP contribution < -0.4 is 47.6 Å². The van der Waals surface area contributed by atoms with Gasteiger partial charge in [0, 0.05) is 0 Å². The van der Waals surface area contributed by atoms with Gasteiger partial charge in [-0.2, -0.15) is 17.3 Å². The third kappa shape index (κ3) is 4.98. The van der Waals surface area contributed by atoms with Crippen molar-refractivity contribution in [1.82, 2.24) is 0 Å². The van der Waals surface area contributed by atoms with E-state index in [0.717, 1.165) is 0 Å². The van der Waals surface area contributed by atoms with E-state index in [-0.39, 0.29) is 58.9 Å². The number of hydrogen-bond donors (Lipinski definition) is 0. The van der Waals surface area contributed by atoms with Crippen molar-refractivity contribution in [1.29, 1.82) is 0 Å². The molecule has 0 fully saturated rings. The van der Waals surface area contributed by atoms with Gasteiger partial charge in [0.2, 0.25) is 0 Å². The van der Waals surface area contributed by atoms with E-state index in [0.29, 0.717) is 0 Å². The zero-order chi connectivity index (χ0) is 11.4. The summed E-state index contributed by atoms with van der Waals surface area (Å²) >= 11 is 0. The van der Waals surface area contributed by atoms with Crippen molar-refractivity contribution in [3.05, 3.63) is 54.6 Å². The Labute approximate surface area is 157 Å². The van der Waals surface area contributed by atoms with Crippen LogP contribution in [-0.4, -0.2) is 8.07 Å². The molecule has 0 saturated heterocycles. The second-order valence-electron chi connectivity index (χ2n) is 4.33. The van der Waals surface area contributed by atoms with Crippen molar-refractivity contribution >= 4 is 18.4 Å². The summed E-state index contributed by atoms with van der Waals surface area (Å²) in [7, 11) is -1.44. The molecule has 0 bridgehead atoms. The van der Waals surface area contributed by atoms with Crippen molar-refractivity contribution in [3.63, 3.8) is 0 Å². The molecule has 0 nitrogen and oxygen atoms in total. The molecule has 0 amide bonds. The number of hydrogen-bond acceptors (Lipinski definition) is 0. The quantitative estimate of drug-likeness (QED) is 0.366. The second-order valence-corrected chi connectivity index (χ2v) is 9.06. The Morgan fingerprint density at radius 1 is 0.800 bits per heavy atom. The molecule has 0 aliphatic heterocycles. The van der Waals surface area contributed by atoms with E-state index < -0.39 is 8.07 Å². The Morgan fingerprint density at radius 3 is 1.65 bits per heavy atom. The molecule has 0 atom stereocenters. The molecule has 0 spiro atoms. The van der Waals surface area contributed by atoms with Crippen LogP contribution in [0.4, 0.5) is 0 Å². The van der Waals surface area contributed by atoms with Crippen molar-refractivity contribution in [3.8, 4) is 0 Å². The van der Waals surface area contributed by atoms with Crippen LogP contribution in [0.2, 0.25) is 12.1 Å². The van der Waals surface area contributed by atoms with Gasteiger partial charge in [-0.25, -0.2) is 12.1 Å². The van der Waals surface area contributed by atoms with Gasteiger partial charge < -0.3 is 37.2 Å². The molecule has 0 aliphatic rings. The van der Waals surface area contributed by atoms with E-state index >= 15 is 0 Å². The standard InChI is InChI=1S/C15H19Si.3ClH.Ti/c1-3-16(4-2,15-12-8-9-13-15)14-10-6-5-7-11-14;;;;/h5-13H,3-4H2,1-2H3;3*1H;/q-1;;;;+4/p-3. The Bertz CT molecular complexity index is 428. The average Bonchev–Trinajstić information content (AvgIpc) is 2.87. The molecule has 0 radical (unpaired) electrons. The molecule has 20 heavy (non-hydrogen) atoms. The third-order valence-electron chi connectivity index (χ3n) is 3.75. The number of rotatable bonds is 4. The van der Waals surface area contributed by atoms with Gasteiger partial charge in [-0.05, 0) is 0 Å². The first-order chi connectivity index (χ1) is 7.83. The minimum atomic E-state index is -1.44. The van der Waals surface area contributed by atoms with Crippen molar-refractivity contribution < 1.29 is 58.9 Å². The first-order valence-electron chi connectivity index (χ1n) is 6.11. The fourth-order valence-electron chi connectivity index (χ4n) is 2.68. The summed E-state index contributed by atoms with van der Waals surface area (Å²) in [5, 5.41) is 3.16. The maximum absolute atomic E-state index is 2.34. The van der Waals surface area contributed by atoms with E-state index in [1.54, 1.807) is 10.4 Å². The van der Waals surface area contributed by atoms with Gasteiger partial charge in [-0.1, -0.05) is 61.5 Å². The van der Waals surface area contributed by atoms with Crippen molar-refractivity contribution in [2.75, 3.05) is 0 Å². The summed E-state index contributed by atoms with van der Waals surface area (Å²) in [5.74, 6) is 0. The van der Waals surface area contributed by atoms with E-state index in [9.17, 15) is 0 Å². The van der Waals surface area contributed by atoms with E-state index in [4.69, 9.17) is 0 Å². The van der Waals surface area contributed by atoms with Crippen LogP contribution in [0.15, 0.2) is 54.6 Å². The Balaban J connectivity index is -0.000000722. The van der Waals surface area contributed by atoms with Gasteiger partial charge in [0.15, 0.2) is 0 Å². The molecule has 0 N–H and O–H groups in total. The summed E-state index contributed by atoms with van der Waals surface area (Å²) in [4.78, 5) is 0. The summed E-state index contributed by atoms with van der Waals surface area (Å²) < 4.78 is 0. The van der Waals surface area contributed by atoms with E-state index in [1.165, 1.54) is 12.1 Å². The molecular weight excluding hydrogens is 362 g/mol. The summed E-state index contributed by atoms with van der Waals surface area (Å²) in [6, 6.07) is 22.6. The van der Waals surface area contributed by atoms with Crippen molar-refractivity contribution in [2.45, 2.75) is 25.9 Å². The van der Waals surface area contributed by atoms with Gasteiger partial charge in [0.05, 0.1) is 8.07 Å². The summed E-state index contributed by atoms with van der Waals surface area (Å²) in [6.45, 7) is 4.69. The minimum Gasteiger partial charge on any atom is -1.00 e. The minimum absolute atomic E-state index is 0. The number of halogens is 3. The van der Waals surface area contributed by atoms with Gasteiger partial charge in [0.1, 0.15) is 0 Å². The summed E-state index contributed by atoms with van der Waals surface area (Å²) in [5.41, 5.74) is 0. The molecule has 0 saturated carbocycles. The van der Waals surface area contributed by atoms with Gasteiger partial charge in [-0.3, -0.25) is 0 Å². The maximum Gasteiger partial charge on any atom is 4.00 e. The van der Waals surface area contributed by atoms with Gasteiger partial charge >= 0.3 is 21.7 Å². The zero-order valence-corrected chi connectivity index (χ0v) is 16.6. The molecular formula is C15H19Cl3SiTi. The van der Waals surface area contributed by atoms with Crippen LogP contribution in [0, 0.1) is 0 Å². The fourth-order valence-corrected chi connectivity index (χ4v) is 6.81. The van der Waals surface area contributed by atoms with Crippen LogP contribution in [0.25, 0.3) is 0 Å². The predicted octanol–water partition coefficient (Wildman–Crippen LogP) is -5.98. The van der Waals surface area contributed by atoms with Crippen LogP contribution in [0.5, 0.6) is 0 Å². The van der Waals surface area contributed by atoms with Crippen LogP contribution >= 0.6 is 0 Å². The third-order valence-corrected chi connectivity index (χ3v) is 9.04. The van der Waals surface area contributed by atoms with Gasteiger partial charge in [0.25, 0.3) is 0 Å². The molecule has 5 heteroatoms. The molecule has 0 aromatic heterocycles. The topological polar surface area (TPSA) is 0 Å². The maximum atomic E-state index is 2.34. The van der Waals surface area contributed by atoms with Gasteiger partial charge in [-0.15, -0.1) is 0 Å². The first-order valence-corrected chi connectivity index (χ1v) is 8.52. The Hall–Kier alpha value is 0.371. The Kier molecular flexibility index (Phi) is 15.2. The molecule has 0 aliphatic carbocycles. The fraction of sp³-hybridized carbons (Fsp3) is 0.267. The van der Waals surface area contributed by atoms with Crippen LogP contribution in [0.3, 0.4) is 0 Å².